The Morgan fingerprint density at radius 2 is 0.750 bits per heavy atom. The van der Waals surface area contributed by atoms with E-state index in [1.165, 1.54) is 38.5 Å². The van der Waals surface area contributed by atoms with Crippen molar-refractivity contribution in [3.63, 3.8) is 0 Å². The Morgan fingerprint density at radius 3 is 1.20 bits per heavy atom. The molecule has 0 radical (unpaired) electrons. The van der Waals surface area contributed by atoms with Crippen LogP contribution >= 0.6 is 0 Å². The van der Waals surface area contributed by atoms with Crippen LogP contribution in [-0.2, 0) is 23.8 Å². The van der Waals surface area contributed by atoms with E-state index in [4.69, 9.17) is 14.2 Å². The van der Waals surface area contributed by atoms with E-state index in [1.807, 2.05) is 0 Å². The molecular formula is C55H90O5. The molecule has 0 aromatic rings. The molecule has 0 heterocycles. The molecule has 5 heteroatoms. The SMILES string of the molecule is CC/C=C\C/C=C\C/C=C\C/C=C\C/C=C\CCCCOCC(COC(=O)CCCCCCC/C=C\C/C=C\CCC)OC(=O)CCCCCCC/C=C\C/C=C\CCC. The average molecular weight is 831 g/mol. The number of unbranched alkanes of at least 4 members (excludes halogenated alkanes) is 14. The van der Waals surface area contributed by atoms with Crippen LogP contribution in [0.3, 0.4) is 0 Å². The first-order valence-electron chi connectivity index (χ1n) is 24.4. The molecule has 0 aliphatic rings. The van der Waals surface area contributed by atoms with E-state index >= 15 is 0 Å². The van der Waals surface area contributed by atoms with Gasteiger partial charge in [-0.25, -0.2) is 0 Å². The molecule has 0 N–H and O–H groups in total. The van der Waals surface area contributed by atoms with Gasteiger partial charge in [-0.15, -0.1) is 0 Å². The van der Waals surface area contributed by atoms with E-state index in [0.717, 1.165) is 128 Å². The highest BCUT2D eigenvalue weighted by molar-refractivity contribution is 5.70. The maximum atomic E-state index is 12.8. The zero-order chi connectivity index (χ0) is 43.5. The highest BCUT2D eigenvalue weighted by Crippen LogP contribution is 2.12. The third-order valence-corrected chi connectivity index (χ3v) is 9.72. The van der Waals surface area contributed by atoms with E-state index in [1.54, 1.807) is 0 Å². The highest BCUT2D eigenvalue weighted by atomic mass is 16.6. The number of esters is 2. The van der Waals surface area contributed by atoms with Gasteiger partial charge in [0, 0.05) is 19.4 Å². The summed E-state index contributed by atoms with van der Waals surface area (Å²) < 4.78 is 17.3. The summed E-state index contributed by atoms with van der Waals surface area (Å²) in [5, 5.41) is 0. The molecule has 0 saturated heterocycles. The second kappa shape index (κ2) is 49.9. The van der Waals surface area contributed by atoms with Crippen molar-refractivity contribution in [3.8, 4) is 0 Å². The lowest BCUT2D eigenvalue weighted by Gasteiger charge is -2.18. The number of hydrogen-bond acceptors (Lipinski definition) is 5. The van der Waals surface area contributed by atoms with Crippen LogP contribution in [-0.4, -0.2) is 37.9 Å². The molecule has 340 valence electrons. The molecule has 0 amide bonds. The topological polar surface area (TPSA) is 61.8 Å². The lowest BCUT2D eigenvalue weighted by Crippen LogP contribution is -2.30. The fraction of sp³-hybridized carbons (Fsp3) is 0.636. The molecule has 0 spiro atoms. The van der Waals surface area contributed by atoms with Crippen LogP contribution in [0.4, 0.5) is 0 Å². The first-order chi connectivity index (χ1) is 29.6. The number of hydrogen-bond donors (Lipinski definition) is 0. The molecule has 60 heavy (non-hydrogen) atoms. The minimum Gasteiger partial charge on any atom is -0.462 e. The second-order valence-electron chi connectivity index (χ2n) is 15.6. The van der Waals surface area contributed by atoms with Gasteiger partial charge in [-0.1, -0.05) is 182 Å². The summed E-state index contributed by atoms with van der Waals surface area (Å²) in [5.41, 5.74) is 0. The number of ether oxygens (including phenoxy) is 3. The third-order valence-electron chi connectivity index (χ3n) is 9.72. The lowest BCUT2D eigenvalue weighted by atomic mass is 10.1. The van der Waals surface area contributed by atoms with E-state index in [-0.39, 0.29) is 25.2 Å². The maximum absolute atomic E-state index is 12.8. The molecule has 0 fully saturated rings. The smallest absolute Gasteiger partial charge is 0.306 e. The van der Waals surface area contributed by atoms with Gasteiger partial charge in [-0.3, -0.25) is 9.59 Å². The van der Waals surface area contributed by atoms with Crippen LogP contribution in [0.5, 0.6) is 0 Å². The van der Waals surface area contributed by atoms with Gasteiger partial charge in [-0.2, -0.15) is 0 Å². The third kappa shape index (κ3) is 47.2. The Kier molecular flexibility index (Phi) is 47.1. The normalized spacial score (nSPS) is 13.2. The zero-order valence-electron chi connectivity index (χ0n) is 38.9. The van der Waals surface area contributed by atoms with Gasteiger partial charge in [-0.05, 0) is 116 Å². The van der Waals surface area contributed by atoms with Crippen LogP contribution in [0.1, 0.15) is 201 Å². The number of carbonyl (C=O) groups excluding carboxylic acids is 2. The average Bonchev–Trinajstić information content (AvgIpc) is 3.25. The molecular weight excluding hydrogens is 741 g/mol. The molecule has 0 aromatic heterocycles. The molecule has 1 atom stereocenters. The van der Waals surface area contributed by atoms with Gasteiger partial charge in [0.25, 0.3) is 0 Å². The largest absolute Gasteiger partial charge is 0.462 e. The fourth-order valence-corrected chi connectivity index (χ4v) is 6.14. The van der Waals surface area contributed by atoms with Crippen molar-refractivity contribution in [3.05, 3.63) is 109 Å². The number of allylic oxidation sites excluding steroid dienone is 18. The molecule has 0 aliphatic carbocycles. The Balaban J connectivity index is 4.41. The Bertz CT molecular complexity index is 1210. The van der Waals surface area contributed by atoms with E-state index in [9.17, 15) is 9.59 Å². The van der Waals surface area contributed by atoms with Gasteiger partial charge in [0.2, 0.25) is 0 Å². The quantitative estimate of drug-likeness (QED) is 0.0348. The van der Waals surface area contributed by atoms with Crippen LogP contribution in [0.2, 0.25) is 0 Å². The minimum absolute atomic E-state index is 0.0481. The van der Waals surface area contributed by atoms with Crippen LogP contribution in [0.25, 0.3) is 0 Å². The van der Waals surface area contributed by atoms with Crippen molar-refractivity contribution in [1.29, 1.82) is 0 Å². The zero-order valence-corrected chi connectivity index (χ0v) is 38.9. The predicted octanol–water partition coefficient (Wildman–Crippen LogP) is 16.4. The summed E-state index contributed by atoms with van der Waals surface area (Å²) in [6.45, 7) is 7.44. The van der Waals surface area contributed by atoms with Crippen molar-refractivity contribution < 1.29 is 23.8 Å². The Morgan fingerprint density at radius 1 is 0.383 bits per heavy atom. The first kappa shape index (κ1) is 56.6. The predicted molar refractivity (Wildman–Crippen MR) is 260 cm³/mol. The Hall–Kier alpha value is -3.44. The van der Waals surface area contributed by atoms with Crippen LogP contribution in [0.15, 0.2) is 109 Å². The van der Waals surface area contributed by atoms with Crippen molar-refractivity contribution in [2.45, 2.75) is 207 Å². The van der Waals surface area contributed by atoms with E-state index in [0.29, 0.717) is 19.4 Å². The number of carbonyl (C=O) groups is 2. The molecule has 1 unspecified atom stereocenters. The standard InChI is InChI=1S/C55H90O5/c1-4-7-10-13-16-19-22-25-26-27-28-29-32-35-38-41-44-47-50-58-51-53(60-55(57)49-46-43-40-37-34-31-24-21-18-15-12-9-6-3)52-59-54(56)48-45-42-39-36-33-30-23-20-17-14-11-8-5-2/h7,10-12,14-16,19-21,23-26,28-29,35,38,53H,4-6,8-9,13,17-18,22,27,30-34,36-37,39-52H2,1-3H3/b10-7-,14-11-,15-12-,19-16-,23-20-,24-21-,26-25-,29-28-,38-35-. The molecule has 5 nitrogen and oxygen atoms in total. The fourth-order valence-electron chi connectivity index (χ4n) is 6.14. The van der Waals surface area contributed by atoms with Gasteiger partial charge >= 0.3 is 11.9 Å². The maximum Gasteiger partial charge on any atom is 0.306 e. The molecule has 0 aliphatic heterocycles. The summed E-state index contributed by atoms with van der Waals surface area (Å²) in [6.07, 6.45) is 68.1. The molecule has 0 saturated carbocycles. The minimum atomic E-state index is -0.578. The van der Waals surface area contributed by atoms with Crippen LogP contribution in [0, 0.1) is 0 Å². The number of rotatable bonds is 43. The first-order valence-corrected chi connectivity index (χ1v) is 24.4. The van der Waals surface area contributed by atoms with Crippen molar-refractivity contribution in [2.75, 3.05) is 19.8 Å². The van der Waals surface area contributed by atoms with Gasteiger partial charge in [0.05, 0.1) is 6.61 Å². The van der Waals surface area contributed by atoms with Gasteiger partial charge in [0.1, 0.15) is 6.61 Å². The van der Waals surface area contributed by atoms with E-state index in [2.05, 4.69) is 130 Å². The van der Waals surface area contributed by atoms with Gasteiger partial charge < -0.3 is 14.2 Å². The lowest BCUT2D eigenvalue weighted by molar-refractivity contribution is -0.163. The van der Waals surface area contributed by atoms with Gasteiger partial charge in [0.15, 0.2) is 6.10 Å². The van der Waals surface area contributed by atoms with Crippen LogP contribution < -0.4 is 0 Å². The second-order valence-corrected chi connectivity index (χ2v) is 15.6. The summed E-state index contributed by atoms with van der Waals surface area (Å²) in [7, 11) is 0. The summed E-state index contributed by atoms with van der Waals surface area (Å²) >= 11 is 0. The summed E-state index contributed by atoms with van der Waals surface area (Å²) in [4.78, 5) is 25.3. The summed E-state index contributed by atoms with van der Waals surface area (Å²) in [6, 6.07) is 0. The van der Waals surface area contributed by atoms with Crippen molar-refractivity contribution in [1.82, 2.24) is 0 Å². The van der Waals surface area contributed by atoms with E-state index < -0.39 is 6.10 Å². The molecule has 0 rings (SSSR count). The van der Waals surface area contributed by atoms with Crippen molar-refractivity contribution >= 4 is 11.9 Å². The Labute approximate surface area is 370 Å². The molecule has 0 bridgehead atoms. The summed E-state index contributed by atoms with van der Waals surface area (Å²) in [5.74, 6) is -0.463. The highest BCUT2D eigenvalue weighted by Gasteiger charge is 2.17. The molecule has 0 aromatic carbocycles. The van der Waals surface area contributed by atoms with Crippen molar-refractivity contribution in [2.24, 2.45) is 0 Å². The monoisotopic (exact) mass is 831 g/mol.